The summed E-state index contributed by atoms with van der Waals surface area (Å²) in [4.78, 5) is 10.9. The molecule has 0 bridgehead atoms. The number of benzene rings is 1. The maximum absolute atomic E-state index is 10.9. The van der Waals surface area contributed by atoms with Crippen LogP contribution in [-0.4, -0.2) is 11.1 Å². The highest BCUT2D eigenvalue weighted by molar-refractivity contribution is 6.33. The summed E-state index contributed by atoms with van der Waals surface area (Å²) in [6, 6.07) is 4.86. The van der Waals surface area contributed by atoms with Crippen LogP contribution in [0.1, 0.15) is 24.8 Å². The van der Waals surface area contributed by atoms with Crippen molar-refractivity contribution in [1.29, 1.82) is 0 Å². The van der Waals surface area contributed by atoms with Crippen molar-refractivity contribution in [3.63, 3.8) is 0 Å². The van der Waals surface area contributed by atoms with Gasteiger partial charge in [-0.2, -0.15) is 0 Å². The van der Waals surface area contributed by atoms with Gasteiger partial charge in [0.2, 0.25) is 0 Å². The Balaban J connectivity index is 3.15. The smallest absolute Gasteiger partial charge is 0.311 e. The van der Waals surface area contributed by atoms with Crippen LogP contribution in [0.2, 0.25) is 10.0 Å². The van der Waals surface area contributed by atoms with Crippen LogP contribution in [0.15, 0.2) is 18.2 Å². The lowest BCUT2D eigenvalue weighted by molar-refractivity contribution is -0.138. The number of halogens is 2. The first-order valence-electron chi connectivity index (χ1n) is 4.24. The van der Waals surface area contributed by atoms with Crippen LogP contribution >= 0.6 is 23.2 Å². The third kappa shape index (κ3) is 2.40. The van der Waals surface area contributed by atoms with Gasteiger partial charge in [-0.05, 0) is 30.2 Å². The van der Waals surface area contributed by atoms with Gasteiger partial charge in [-0.3, -0.25) is 4.79 Å². The minimum atomic E-state index is -0.878. The summed E-state index contributed by atoms with van der Waals surface area (Å²) >= 11 is 11.7. The van der Waals surface area contributed by atoms with Gasteiger partial charge in [0.25, 0.3) is 0 Å². The molecule has 0 amide bonds. The second kappa shape index (κ2) is 4.67. The molecule has 76 valence electrons. The van der Waals surface area contributed by atoms with Crippen LogP contribution in [-0.2, 0) is 4.79 Å². The highest BCUT2D eigenvalue weighted by Crippen LogP contribution is 2.29. The Hall–Kier alpha value is -0.730. The molecular weight excluding hydrogens is 223 g/mol. The number of hydrogen-bond acceptors (Lipinski definition) is 1. The number of rotatable bonds is 3. The Bertz CT molecular complexity index is 350. The van der Waals surface area contributed by atoms with Crippen molar-refractivity contribution in [3.05, 3.63) is 33.8 Å². The molecule has 14 heavy (non-hydrogen) atoms. The van der Waals surface area contributed by atoms with Gasteiger partial charge in [0.1, 0.15) is 0 Å². The summed E-state index contributed by atoms with van der Waals surface area (Å²) in [7, 11) is 0. The van der Waals surface area contributed by atoms with E-state index in [1.165, 1.54) is 0 Å². The van der Waals surface area contributed by atoms with Crippen molar-refractivity contribution >= 4 is 29.2 Å². The van der Waals surface area contributed by atoms with E-state index >= 15 is 0 Å². The quantitative estimate of drug-likeness (QED) is 0.866. The van der Waals surface area contributed by atoms with Gasteiger partial charge in [0, 0.05) is 10.0 Å². The SMILES string of the molecule is CCC(C(=O)O)c1cc(Cl)ccc1Cl. The van der Waals surface area contributed by atoms with Gasteiger partial charge >= 0.3 is 5.97 Å². The molecule has 0 fully saturated rings. The monoisotopic (exact) mass is 232 g/mol. The number of carboxylic acid groups (broad SMARTS) is 1. The Morgan fingerprint density at radius 3 is 2.64 bits per heavy atom. The molecule has 1 aromatic carbocycles. The first kappa shape index (κ1) is 11.3. The van der Waals surface area contributed by atoms with Gasteiger partial charge < -0.3 is 5.11 Å². The Labute approximate surface area is 92.5 Å². The highest BCUT2D eigenvalue weighted by Gasteiger charge is 2.20. The van der Waals surface area contributed by atoms with Crippen LogP contribution < -0.4 is 0 Å². The van der Waals surface area contributed by atoms with Crippen molar-refractivity contribution in [2.45, 2.75) is 19.3 Å². The molecular formula is C10H10Cl2O2. The fourth-order valence-corrected chi connectivity index (χ4v) is 1.74. The standard InChI is InChI=1S/C10H10Cl2O2/c1-2-7(10(13)14)8-5-6(11)3-4-9(8)12/h3-5,7H,2H2,1H3,(H,13,14). The summed E-state index contributed by atoms with van der Waals surface area (Å²) < 4.78 is 0. The zero-order chi connectivity index (χ0) is 10.7. The van der Waals surface area contributed by atoms with E-state index in [1.807, 2.05) is 0 Å². The van der Waals surface area contributed by atoms with Crippen molar-refractivity contribution in [2.75, 3.05) is 0 Å². The molecule has 1 unspecified atom stereocenters. The maximum Gasteiger partial charge on any atom is 0.311 e. The zero-order valence-corrected chi connectivity index (χ0v) is 9.14. The van der Waals surface area contributed by atoms with Crippen molar-refractivity contribution < 1.29 is 9.90 Å². The van der Waals surface area contributed by atoms with Crippen molar-refractivity contribution in [2.24, 2.45) is 0 Å². The Kier molecular flexibility index (Phi) is 3.78. The van der Waals surface area contributed by atoms with E-state index in [0.29, 0.717) is 22.0 Å². The molecule has 0 saturated carbocycles. The lowest BCUT2D eigenvalue weighted by Gasteiger charge is -2.11. The maximum atomic E-state index is 10.9. The third-order valence-electron chi connectivity index (χ3n) is 2.04. The minimum absolute atomic E-state index is 0.448. The molecule has 2 nitrogen and oxygen atoms in total. The van der Waals surface area contributed by atoms with Crippen LogP contribution in [0.4, 0.5) is 0 Å². The Morgan fingerprint density at radius 1 is 1.50 bits per heavy atom. The molecule has 1 rings (SSSR count). The number of aliphatic carboxylic acids is 1. The molecule has 0 saturated heterocycles. The summed E-state index contributed by atoms with van der Waals surface area (Å²) in [5.74, 6) is -1.46. The fourth-order valence-electron chi connectivity index (χ4n) is 1.31. The topological polar surface area (TPSA) is 37.3 Å². The zero-order valence-electron chi connectivity index (χ0n) is 7.63. The van der Waals surface area contributed by atoms with Crippen molar-refractivity contribution in [3.8, 4) is 0 Å². The molecule has 0 aliphatic rings. The van der Waals surface area contributed by atoms with E-state index in [0.717, 1.165) is 0 Å². The molecule has 4 heteroatoms. The number of carboxylic acids is 1. The lowest BCUT2D eigenvalue weighted by Crippen LogP contribution is -2.10. The van der Waals surface area contributed by atoms with E-state index in [1.54, 1.807) is 25.1 Å². The summed E-state index contributed by atoms with van der Waals surface area (Å²) in [5.41, 5.74) is 0.578. The van der Waals surface area contributed by atoms with Crippen molar-refractivity contribution in [1.82, 2.24) is 0 Å². The molecule has 1 atom stereocenters. The molecule has 0 heterocycles. The predicted octanol–water partition coefficient (Wildman–Crippen LogP) is 3.57. The number of carbonyl (C=O) groups is 1. The lowest BCUT2D eigenvalue weighted by atomic mass is 9.97. The molecule has 1 aromatic rings. The summed E-state index contributed by atoms with van der Waals surface area (Å²) in [6.07, 6.45) is 0.495. The third-order valence-corrected chi connectivity index (χ3v) is 2.62. The van der Waals surface area contributed by atoms with E-state index in [2.05, 4.69) is 0 Å². The van der Waals surface area contributed by atoms with E-state index in [-0.39, 0.29) is 0 Å². The largest absolute Gasteiger partial charge is 0.481 e. The summed E-state index contributed by atoms with van der Waals surface area (Å²) in [5, 5.41) is 9.89. The second-order valence-electron chi connectivity index (χ2n) is 2.96. The predicted molar refractivity (Wildman–Crippen MR) is 57.1 cm³/mol. The first-order valence-corrected chi connectivity index (χ1v) is 4.99. The molecule has 0 aromatic heterocycles. The van der Waals surface area contributed by atoms with Crippen LogP contribution in [0, 0.1) is 0 Å². The molecule has 1 N–H and O–H groups in total. The van der Waals surface area contributed by atoms with E-state index < -0.39 is 11.9 Å². The fraction of sp³-hybridized carbons (Fsp3) is 0.300. The molecule has 0 aliphatic carbocycles. The van der Waals surface area contributed by atoms with Gasteiger partial charge in [-0.15, -0.1) is 0 Å². The van der Waals surface area contributed by atoms with E-state index in [9.17, 15) is 4.79 Å². The van der Waals surface area contributed by atoms with Crippen LogP contribution in [0.25, 0.3) is 0 Å². The van der Waals surface area contributed by atoms with Gasteiger partial charge in [-0.1, -0.05) is 30.1 Å². The van der Waals surface area contributed by atoms with Gasteiger partial charge in [0.05, 0.1) is 5.92 Å². The number of hydrogen-bond donors (Lipinski definition) is 1. The van der Waals surface area contributed by atoms with Gasteiger partial charge in [-0.25, -0.2) is 0 Å². The average Bonchev–Trinajstić information content (AvgIpc) is 2.11. The average molecular weight is 233 g/mol. The van der Waals surface area contributed by atoms with E-state index in [4.69, 9.17) is 28.3 Å². The first-order chi connectivity index (χ1) is 6.56. The molecule has 0 aliphatic heterocycles. The van der Waals surface area contributed by atoms with Gasteiger partial charge in [0.15, 0.2) is 0 Å². The Morgan fingerprint density at radius 2 is 2.14 bits per heavy atom. The highest BCUT2D eigenvalue weighted by atomic mass is 35.5. The molecule has 0 spiro atoms. The molecule has 0 radical (unpaired) electrons. The normalized spacial score (nSPS) is 12.5. The second-order valence-corrected chi connectivity index (χ2v) is 3.81. The summed E-state index contributed by atoms with van der Waals surface area (Å²) in [6.45, 7) is 1.80. The minimum Gasteiger partial charge on any atom is -0.481 e. The van der Waals surface area contributed by atoms with Crippen LogP contribution in [0.3, 0.4) is 0 Å². The van der Waals surface area contributed by atoms with Crippen LogP contribution in [0.5, 0.6) is 0 Å².